The van der Waals surface area contributed by atoms with Gasteiger partial charge >= 0.3 is 0 Å². The maximum Gasteiger partial charge on any atom is 0.241 e. The van der Waals surface area contributed by atoms with Crippen LogP contribution in [0.15, 0.2) is 18.2 Å². The van der Waals surface area contributed by atoms with Crippen molar-refractivity contribution in [2.75, 3.05) is 5.32 Å². The first-order valence-corrected chi connectivity index (χ1v) is 6.25. The van der Waals surface area contributed by atoms with Crippen molar-refractivity contribution in [2.24, 2.45) is 5.73 Å². The van der Waals surface area contributed by atoms with Crippen molar-refractivity contribution in [3.05, 3.63) is 29.3 Å². The largest absolute Gasteiger partial charge is 0.324 e. The summed E-state index contributed by atoms with van der Waals surface area (Å²) < 4.78 is 0. The number of anilines is 1. The van der Waals surface area contributed by atoms with Gasteiger partial charge in [-0.1, -0.05) is 38.5 Å². The molecule has 3 N–H and O–H groups in total. The summed E-state index contributed by atoms with van der Waals surface area (Å²) >= 11 is 0. The SMILES string of the molecule is CCCC(N)C(=O)Nc1c(C)cccc1CC. The molecule has 0 saturated carbocycles. The third-order valence-electron chi connectivity index (χ3n) is 2.92. The predicted molar refractivity (Wildman–Crippen MR) is 72.1 cm³/mol. The van der Waals surface area contributed by atoms with Crippen molar-refractivity contribution >= 4 is 11.6 Å². The number of para-hydroxylation sites is 1. The molecule has 94 valence electrons. The number of amides is 1. The quantitative estimate of drug-likeness (QED) is 0.823. The van der Waals surface area contributed by atoms with Gasteiger partial charge in [0.15, 0.2) is 0 Å². The Balaban J connectivity index is 2.84. The van der Waals surface area contributed by atoms with Gasteiger partial charge in [0.25, 0.3) is 0 Å². The Morgan fingerprint density at radius 3 is 2.71 bits per heavy atom. The van der Waals surface area contributed by atoms with Crippen molar-refractivity contribution in [3.8, 4) is 0 Å². The van der Waals surface area contributed by atoms with E-state index in [2.05, 4.69) is 12.2 Å². The smallest absolute Gasteiger partial charge is 0.241 e. The Bertz CT molecular complexity index is 388. The number of aryl methyl sites for hydroxylation is 2. The minimum atomic E-state index is -0.413. The lowest BCUT2D eigenvalue weighted by molar-refractivity contribution is -0.117. The molecule has 1 rings (SSSR count). The third kappa shape index (κ3) is 3.56. The summed E-state index contributed by atoms with van der Waals surface area (Å²) in [5, 5.41) is 2.95. The van der Waals surface area contributed by atoms with Crippen LogP contribution >= 0.6 is 0 Å². The molecule has 1 atom stereocenters. The van der Waals surface area contributed by atoms with Crippen LogP contribution in [0.25, 0.3) is 0 Å². The summed E-state index contributed by atoms with van der Waals surface area (Å²) in [6, 6.07) is 5.63. The fourth-order valence-corrected chi connectivity index (χ4v) is 1.86. The lowest BCUT2D eigenvalue weighted by Crippen LogP contribution is -2.35. The van der Waals surface area contributed by atoms with Gasteiger partial charge in [-0.2, -0.15) is 0 Å². The van der Waals surface area contributed by atoms with Crippen LogP contribution in [-0.2, 0) is 11.2 Å². The molecule has 0 saturated heterocycles. The maximum atomic E-state index is 11.9. The van der Waals surface area contributed by atoms with E-state index in [1.165, 1.54) is 0 Å². The standard InChI is InChI=1S/C14H22N2O/c1-4-7-12(15)14(17)16-13-10(3)8-6-9-11(13)5-2/h6,8-9,12H,4-5,7,15H2,1-3H3,(H,16,17). The Hall–Kier alpha value is -1.35. The van der Waals surface area contributed by atoms with Crippen molar-refractivity contribution < 1.29 is 4.79 Å². The number of rotatable bonds is 5. The average molecular weight is 234 g/mol. The van der Waals surface area contributed by atoms with Gasteiger partial charge in [0.05, 0.1) is 6.04 Å². The van der Waals surface area contributed by atoms with E-state index in [0.29, 0.717) is 0 Å². The van der Waals surface area contributed by atoms with E-state index in [1.807, 2.05) is 32.0 Å². The van der Waals surface area contributed by atoms with Gasteiger partial charge in [-0.25, -0.2) is 0 Å². The van der Waals surface area contributed by atoms with Crippen molar-refractivity contribution in [2.45, 2.75) is 46.1 Å². The molecule has 3 heteroatoms. The summed E-state index contributed by atoms with van der Waals surface area (Å²) in [7, 11) is 0. The van der Waals surface area contributed by atoms with Crippen LogP contribution in [-0.4, -0.2) is 11.9 Å². The molecule has 0 fully saturated rings. The highest BCUT2D eigenvalue weighted by molar-refractivity contribution is 5.96. The Labute approximate surface area is 103 Å². The van der Waals surface area contributed by atoms with Crippen LogP contribution in [0.5, 0.6) is 0 Å². The number of nitrogens with one attached hydrogen (secondary N) is 1. The van der Waals surface area contributed by atoms with Gasteiger partial charge in [-0.15, -0.1) is 0 Å². The van der Waals surface area contributed by atoms with E-state index in [-0.39, 0.29) is 5.91 Å². The van der Waals surface area contributed by atoms with E-state index in [1.54, 1.807) is 0 Å². The van der Waals surface area contributed by atoms with Gasteiger partial charge in [0.2, 0.25) is 5.91 Å². The summed E-state index contributed by atoms with van der Waals surface area (Å²) in [6.07, 6.45) is 2.54. The van der Waals surface area contributed by atoms with Crippen molar-refractivity contribution in [1.82, 2.24) is 0 Å². The Kier molecular flexibility index (Phi) is 5.16. The third-order valence-corrected chi connectivity index (χ3v) is 2.92. The molecule has 1 amide bonds. The fourth-order valence-electron chi connectivity index (χ4n) is 1.86. The zero-order valence-corrected chi connectivity index (χ0v) is 10.9. The zero-order chi connectivity index (χ0) is 12.8. The molecule has 0 aliphatic heterocycles. The van der Waals surface area contributed by atoms with Gasteiger partial charge < -0.3 is 11.1 Å². The average Bonchev–Trinajstić information content (AvgIpc) is 2.31. The van der Waals surface area contributed by atoms with E-state index in [0.717, 1.165) is 36.1 Å². The molecule has 1 unspecified atom stereocenters. The van der Waals surface area contributed by atoms with Crippen molar-refractivity contribution in [1.29, 1.82) is 0 Å². The van der Waals surface area contributed by atoms with Crippen LogP contribution in [0.1, 0.15) is 37.8 Å². The molecule has 0 aliphatic carbocycles. The highest BCUT2D eigenvalue weighted by atomic mass is 16.2. The van der Waals surface area contributed by atoms with Crippen LogP contribution in [0.4, 0.5) is 5.69 Å². The number of nitrogens with two attached hydrogens (primary N) is 1. The van der Waals surface area contributed by atoms with E-state index in [9.17, 15) is 4.79 Å². The summed E-state index contributed by atoms with van der Waals surface area (Å²) in [6.45, 7) is 6.11. The molecule has 0 aromatic heterocycles. The molecule has 0 aliphatic rings. The van der Waals surface area contributed by atoms with E-state index >= 15 is 0 Å². The highest BCUT2D eigenvalue weighted by Crippen LogP contribution is 2.21. The molecule has 1 aromatic rings. The normalized spacial score (nSPS) is 12.2. The first kappa shape index (κ1) is 13.7. The summed E-state index contributed by atoms with van der Waals surface area (Å²) in [5.74, 6) is -0.0872. The molecule has 1 aromatic carbocycles. The minimum absolute atomic E-state index is 0.0872. The fraction of sp³-hybridized carbons (Fsp3) is 0.500. The number of benzene rings is 1. The molecule has 3 nitrogen and oxygen atoms in total. The Morgan fingerprint density at radius 2 is 2.12 bits per heavy atom. The number of carbonyl (C=O) groups is 1. The first-order valence-electron chi connectivity index (χ1n) is 6.25. The molecule has 17 heavy (non-hydrogen) atoms. The van der Waals surface area contributed by atoms with Crippen LogP contribution in [0, 0.1) is 6.92 Å². The minimum Gasteiger partial charge on any atom is -0.324 e. The first-order chi connectivity index (χ1) is 8.10. The zero-order valence-electron chi connectivity index (χ0n) is 10.9. The molecular weight excluding hydrogens is 212 g/mol. The molecule has 0 radical (unpaired) electrons. The molecule has 0 spiro atoms. The summed E-state index contributed by atoms with van der Waals surface area (Å²) in [5.41, 5.74) is 8.97. The number of hydrogen-bond donors (Lipinski definition) is 2. The van der Waals surface area contributed by atoms with Crippen molar-refractivity contribution in [3.63, 3.8) is 0 Å². The molecular formula is C14H22N2O. The van der Waals surface area contributed by atoms with Gasteiger partial charge in [-0.05, 0) is 30.9 Å². The van der Waals surface area contributed by atoms with Gasteiger partial charge in [0, 0.05) is 5.69 Å². The number of carbonyl (C=O) groups excluding carboxylic acids is 1. The lowest BCUT2D eigenvalue weighted by atomic mass is 10.0. The Morgan fingerprint density at radius 1 is 1.41 bits per heavy atom. The van der Waals surface area contributed by atoms with E-state index in [4.69, 9.17) is 5.73 Å². The second kappa shape index (κ2) is 6.40. The topological polar surface area (TPSA) is 55.1 Å². The second-order valence-corrected chi connectivity index (χ2v) is 4.35. The lowest BCUT2D eigenvalue weighted by Gasteiger charge is -2.16. The number of hydrogen-bond acceptors (Lipinski definition) is 2. The van der Waals surface area contributed by atoms with E-state index < -0.39 is 6.04 Å². The summed E-state index contributed by atoms with van der Waals surface area (Å²) in [4.78, 5) is 11.9. The maximum absolute atomic E-state index is 11.9. The highest BCUT2D eigenvalue weighted by Gasteiger charge is 2.14. The van der Waals surface area contributed by atoms with Crippen LogP contribution in [0.2, 0.25) is 0 Å². The predicted octanol–water partition coefficient (Wildman–Crippen LogP) is 2.62. The monoisotopic (exact) mass is 234 g/mol. The van der Waals surface area contributed by atoms with Gasteiger partial charge in [0.1, 0.15) is 0 Å². The molecule has 0 heterocycles. The molecule has 0 bridgehead atoms. The van der Waals surface area contributed by atoms with Crippen LogP contribution in [0.3, 0.4) is 0 Å². The van der Waals surface area contributed by atoms with Gasteiger partial charge in [-0.3, -0.25) is 4.79 Å². The van der Waals surface area contributed by atoms with Crippen LogP contribution < -0.4 is 11.1 Å². The second-order valence-electron chi connectivity index (χ2n) is 4.35.